The van der Waals surface area contributed by atoms with E-state index in [0.29, 0.717) is 35.1 Å². The molecule has 0 unspecified atom stereocenters. The molecule has 0 aliphatic rings. The van der Waals surface area contributed by atoms with Crippen LogP contribution in [0.15, 0.2) is 97.2 Å². The van der Waals surface area contributed by atoms with E-state index in [1.807, 2.05) is 54.6 Å². The highest BCUT2D eigenvalue weighted by Crippen LogP contribution is 2.23. The molecule has 0 aliphatic carbocycles. The Balaban J connectivity index is 1.30. The van der Waals surface area contributed by atoms with E-state index in [2.05, 4.69) is 10.3 Å². The molecule has 0 bridgehead atoms. The van der Waals surface area contributed by atoms with Crippen molar-refractivity contribution in [1.82, 2.24) is 4.98 Å². The number of esters is 1. The Hall–Kier alpha value is -4.65. The summed E-state index contributed by atoms with van der Waals surface area (Å²) in [5, 5.41) is 2.74. The minimum Gasteiger partial charge on any atom is -0.489 e. The van der Waals surface area contributed by atoms with Gasteiger partial charge in [0.1, 0.15) is 18.1 Å². The van der Waals surface area contributed by atoms with E-state index >= 15 is 0 Å². The smallest absolute Gasteiger partial charge is 0.339 e. The average molecular weight is 469 g/mol. The van der Waals surface area contributed by atoms with E-state index in [1.54, 1.807) is 42.6 Å². The number of para-hydroxylation sites is 1. The number of benzene rings is 3. The fourth-order valence-electron chi connectivity index (χ4n) is 3.30. The first kappa shape index (κ1) is 23.5. The van der Waals surface area contributed by atoms with E-state index in [0.717, 1.165) is 11.3 Å². The Morgan fingerprint density at radius 2 is 1.51 bits per heavy atom. The highest BCUT2D eigenvalue weighted by atomic mass is 16.5. The van der Waals surface area contributed by atoms with Crippen LogP contribution in [0, 0.1) is 0 Å². The standard InChI is InChI=1S/C28H24N2O5/c1-33-28(32)24-9-5-6-10-25(24)30-26(31)17-21-11-16-27(29-18-21)35-23-14-12-22(13-15-23)34-19-20-7-3-2-4-8-20/h2-16,18H,17,19H2,1H3,(H,30,31). The van der Waals surface area contributed by atoms with E-state index in [-0.39, 0.29) is 12.3 Å². The van der Waals surface area contributed by atoms with Gasteiger partial charge in [0.2, 0.25) is 11.8 Å². The summed E-state index contributed by atoms with van der Waals surface area (Å²) >= 11 is 0. The molecule has 4 rings (SSSR count). The van der Waals surface area contributed by atoms with Crippen LogP contribution in [0.4, 0.5) is 5.69 Å². The number of pyridine rings is 1. The van der Waals surface area contributed by atoms with Gasteiger partial charge in [-0.15, -0.1) is 0 Å². The fourth-order valence-corrected chi connectivity index (χ4v) is 3.30. The van der Waals surface area contributed by atoms with Crippen molar-refractivity contribution in [2.45, 2.75) is 13.0 Å². The Morgan fingerprint density at radius 3 is 2.23 bits per heavy atom. The van der Waals surface area contributed by atoms with E-state index in [9.17, 15) is 9.59 Å². The summed E-state index contributed by atoms with van der Waals surface area (Å²) in [6.45, 7) is 0.492. The van der Waals surface area contributed by atoms with Crippen molar-refractivity contribution >= 4 is 17.6 Å². The summed E-state index contributed by atoms with van der Waals surface area (Å²) in [5.74, 6) is 0.977. The summed E-state index contributed by atoms with van der Waals surface area (Å²) in [7, 11) is 1.30. The van der Waals surface area contributed by atoms with Crippen molar-refractivity contribution in [3.63, 3.8) is 0 Å². The van der Waals surface area contributed by atoms with Gasteiger partial charge in [0.25, 0.3) is 0 Å². The molecule has 0 atom stereocenters. The maximum absolute atomic E-state index is 12.5. The van der Waals surface area contributed by atoms with Crippen LogP contribution in [-0.4, -0.2) is 24.0 Å². The molecule has 0 saturated carbocycles. The number of nitrogens with one attached hydrogen (secondary N) is 1. The minimum atomic E-state index is -0.514. The van der Waals surface area contributed by atoms with Gasteiger partial charge in [-0.25, -0.2) is 9.78 Å². The number of rotatable bonds is 9. The number of anilines is 1. The van der Waals surface area contributed by atoms with Crippen molar-refractivity contribution in [2.75, 3.05) is 12.4 Å². The largest absolute Gasteiger partial charge is 0.489 e. The molecule has 1 amide bonds. The maximum atomic E-state index is 12.5. The second-order valence-electron chi connectivity index (χ2n) is 7.61. The van der Waals surface area contributed by atoms with Gasteiger partial charge >= 0.3 is 5.97 Å². The topological polar surface area (TPSA) is 86.8 Å². The van der Waals surface area contributed by atoms with Crippen LogP contribution < -0.4 is 14.8 Å². The number of nitrogens with zero attached hydrogens (tertiary/aromatic N) is 1. The van der Waals surface area contributed by atoms with E-state index in [1.165, 1.54) is 7.11 Å². The second-order valence-corrected chi connectivity index (χ2v) is 7.61. The summed E-state index contributed by atoms with van der Waals surface area (Å²) < 4.78 is 16.3. The zero-order valence-electron chi connectivity index (χ0n) is 19.1. The summed E-state index contributed by atoms with van der Waals surface area (Å²) in [6, 6.07) is 27.4. The number of carbonyl (C=O) groups is 2. The Bertz CT molecular complexity index is 1270. The number of ether oxygens (including phenoxy) is 3. The number of aromatic nitrogens is 1. The van der Waals surface area contributed by atoms with Crippen LogP contribution in [0.1, 0.15) is 21.5 Å². The molecule has 0 spiro atoms. The first-order valence-corrected chi connectivity index (χ1v) is 11.0. The summed E-state index contributed by atoms with van der Waals surface area (Å²) in [4.78, 5) is 28.6. The highest BCUT2D eigenvalue weighted by Gasteiger charge is 2.13. The molecular weight excluding hydrogens is 444 g/mol. The third kappa shape index (κ3) is 6.68. The normalized spacial score (nSPS) is 10.3. The van der Waals surface area contributed by atoms with Crippen LogP contribution in [0.5, 0.6) is 17.4 Å². The van der Waals surface area contributed by atoms with Crippen molar-refractivity contribution in [3.8, 4) is 17.4 Å². The first-order valence-electron chi connectivity index (χ1n) is 11.0. The SMILES string of the molecule is COC(=O)c1ccccc1NC(=O)Cc1ccc(Oc2ccc(OCc3ccccc3)cc2)nc1. The molecule has 35 heavy (non-hydrogen) atoms. The van der Waals surface area contributed by atoms with Gasteiger partial charge < -0.3 is 19.5 Å². The molecule has 1 aromatic heterocycles. The Morgan fingerprint density at radius 1 is 0.800 bits per heavy atom. The zero-order chi connectivity index (χ0) is 24.5. The zero-order valence-corrected chi connectivity index (χ0v) is 19.1. The number of carbonyl (C=O) groups excluding carboxylic acids is 2. The van der Waals surface area contributed by atoms with Crippen molar-refractivity contribution in [1.29, 1.82) is 0 Å². The number of methoxy groups -OCH3 is 1. The molecule has 3 aromatic carbocycles. The predicted molar refractivity (Wildman–Crippen MR) is 132 cm³/mol. The fraction of sp³-hybridized carbons (Fsp3) is 0.107. The summed E-state index contributed by atoms with van der Waals surface area (Å²) in [5.41, 5.74) is 2.49. The quantitative estimate of drug-likeness (QED) is 0.330. The van der Waals surface area contributed by atoms with Gasteiger partial charge in [0.15, 0.2) is 0 Å². The van der Waals surface area contributed by atoms with Crippen LogP contribution in [0.25, 0.3) is 0 Å². The molecule has 1 N–H and O–H groups in total. The Labute approximate surface area is 203 Å². The molecule has 4 aromatic rings. The molecule has 7 nitrogen and oxygen atoms in total. The van der Waals surface area contributed by atoms with Crippen LogP contribution in [-0.2, 0) is 22.6 Å². The highest BCUT2D eigenvalue weighted by molar-refractivity contribution is 6.01. The lowest BCUT2D eigenvalue weighted by atomic mass is 10.1. The van der Waals surface area contributed by atoms with Gasteiger partial charge in [0.05, 0.1) is 24.8 Å². The maximum Gasteiger partial charge on any atom is 0.339 e. The number of hydrogen-bond donors (Lipinski definition) is 1. The lowest BCUT2D eigenvalue weighted by Gasteiger charge is -2.10. The first-order chi connectivity index (χ1) is 17.1. The third-order valence-corrected chi connectivity index (χ3v) is 5.06. The Kier molecular flexibility index (Phi) is 7.70. The molecule has 0 radical (unpaired) electrons. The molecule has 0 aliphatic heterocycles. The minimum absolute atomic E-state index is 0.0935. The van der Waals surface area contributed by atoms with Crippen molar-refractivity contribution in [2.24, 2.45) is 0 Å². The number of amides is 1. The third-order valence-electron chi connectivity index (χ3n) is 5.06. The van der Waals surface area contributed by atoms with Gasteiger partial charge in [-0.1, -0.05) is 48.5 Å². The van der Waals surface area contributed by atoms with Gasteiger partial charge in [0, 0.05) is 12.3 Å². The van der Waals surface area contributed by atoms with Gasteiger partial charge in [-0.05, 0) is 47.5 Å². The molecular formula is C28H24N2O5. The van der Waals surface area contributed by atoms with Gasteiger partial charge in [-0.2, -0.15) is 0 Å². The van der Waals surface area contributed by atoms with Crippen molar-refractivity contribution in [3.05, 3.63) is 114 Å². The lowest BCUT2D eigenvalue weighted by Crippen LogP contribution is -2.17. The molecule has 176 valence electrons. The predicted octanol–water partition coefficient (Wildman–Crippen LogP) is 5.42. The van der Waals surface area contributed by atoms with E-state index in [4.69, 9.17) is 14.2 Å². The van der Waals surface area contributed by atoms with E-state index < -0.39 is 5.97 Å². The molecule has 0 fully saturated rings. The van der Waals surface area contributed by atoms with Crippen molar-refractivity contribution < 1.29 is 23.8 Å². The molecule has 1 heterocycles. The molecule has 0 saturated heterocycles. The molecule has 7 heteroatoms. The van der Waals surface area contributed by atoms with Crippen LogP contribution >= 0.6 is 0 Å². The summed E-state index contributed by atoms with van der Waals surface area (Å²) in [6.07, 6.45) is 1.68. The second kappa shape index (κ2) is 11.5. The lowest BCUT2D eigenvalue weighted by molar-refractivity contribution is -0.115. The average Bonchev–Trinajstić information content (AvgIpc) is 2.90. The van der Waals surface area contributed by atoms with Gasteiger partial charge in [-0.3, -0.25) is 4.79 Å². The van der Waals surface area contributed by atoms with Crippen LogP contribution in [0.2, 0.25) is 0 Å². The van der Waals surface area contributed by atoms with Crippen LogP contribution in [0.3, 0.4) is 0 Å². The monoisotopic (exact) mass is 468 g/mol. The number of hydrogen-bond acceptors (Lipinski definition) is 6.